The van der Waals surface area contributed by atoms with Crippen molar-refractivity contribution >= 4 is 17.8 Å². The topological polar surface area (TPSA) is 69.6 Å². The first-order valence-corrected chi connectivity index (χ1v) is 12.1. The molecule has 0 unspecified atom stereocenters. The van der Waals surface area contributed by atoms with Gasteiger partial charge in [0.1, 0.15) is 5.69 Å². The summed E-state index contributed by atoms with van der Waals surface area (Å²) < 4.78 is 0. The van der Waals surface area contributed by atoms with Gasteiger partial charge in [-0.1, -0.05) is 19.8 Å². The third-order valence-electron chi connectivity index (χ3n) is 8.26. The van der Waals surface area contributed by atoms with Crippen LogP contribution in [0.25, 0.3) is 0 Å². The van der Waals surface area contributed by atoms with Crippen molar-refractivity contribution in [2.75, 3.05) is 24.5 Å². The van der Waals surface area contributed by atoms with Gasteiger partial charge in [0.2, 0.25) is 11.9 Å². The van der Waals surface area contributed by atoms with E-state index in [9.17, 15) is 9.59 Å². The summed E-state index contributed by atoms with van der Waals surface area (Å²) in [5.74, 6) is 0.857. The fraction of sp³-hybridized carbons (Fsp3) is 0.750. The number of likely N-dealkylation sites (tertiary alicyclic amines) is 2. The molecule has 2 bridgehead atoms. The summed E-state index contributed by atoms with van der Waals surface area (Å²) in [6.45, 7) is 8.51. The van der Waals surface area contributed by atoms with E-state index in [0.29, 0.717) is 18.2 Å². The molecule has 0 radical (unpaired) electrons. The van der Waals surface area contributed by atoms with Gasteiger partial charge in [-0.25, -0.2) is 9.97 Å². The number of rotatable bonds is 2. The van der Waals surface area contributed by atoms with Crippen LogP contribution >= 0.6 is 0 Å². The van der Waals surface area contributed by atoms with Gasteiger partial charge < -0.3 is 14.7 Å². The van der Waals surface area contributed by atoms with Gasteiger partial charge in [0.25, 0.3) is 5.91 Å². The Balaban J connectivity index is 1.49. The molecule has 4 atom stereocenters. The minimum atomic E-state index is -0.0292. The van der Waals surface area contributed by atoms with E-state index >= 15 is 0 Å². The fourth-order valence-corrected chi connectivity index (χ4v) is 6.85. The van der Waals surface area contributed by atoms with Crippen molar-refractivity contribution in [1.29, 1.82) is 0 Å². The molecule has 1 aromatic heterocycles. The summed E-state index contributed by atoms with van der Waals surface area (Å²) in [7, 11) is 0. The molecule has 0 aromatic carbocycles. The smallest absolute Gasteiger partial charge is 0.273 e. The highest BCUT2D eigenvalue weighted by Crippen LogP contribution is 2.53. The number of carbonyl (C=O) groups excluding carboxylic acids is 2. The summed E-state index contributed by atoms with van der Waals surface area (Å²) in [5, 5.41) is 0. The quantitative estimate of drug-likeness (QED) is 0.728. The van der Waals surface area contributed by atoms with E-state index in [1.165, 1.54) is 6.42 Å². The van der Waals surface area contributed by atoms with Gasteiger partial charge in [-0.2, -0.15) is 0 Å². The van der Waals surface area contributed by atoms with E-state index in [2.05, 4.69) is 26.6 Å². The molecule has 7 heteroatoms. The lowest BCUT2D eigenvalue weighted by Gasteiger charge is -2.46. The molecule has 7 nitrogen and oxygen atoms in total. The van der Waals surface area contributed by atoms with Crippen LogP contribution in [0.2, 0.25) is 0 Å². The molecule has 31 heavy (non-hydrogen) atoms. The van der Waals surface area contributed by atoms with Crippen LogP contribution in [0.1, 0.15) is 81.4 Å². The molecule has 3 aliphatic heterocycles. The van der Waals surface area contributed by atoms with Crippen LogP contribution in [0.15, 0.2) is 6.07 Å². The van der Waals surface area contributed by atoms with Crippen molar-refractivity contribution in [3.63, 3.8) is 0 Å². The largest absolute Gasteiger partial charge is 0.341 e. The molecule has 1 aliphatic carbocycles. The summed E-state index contributed by atoms with van der Waals surface area (Å²) in [5.41, 5.74) is 1.33. The molecule has 1 aromatic rings. The third kappa shape index (κ3) is 3.40. The molecule has 5 rings (SSSR count). The number of nitrogens with zero attached hydrogens (tertiary/aromatic N) is 5. The Morgan fingerprint density at radius 2 is 1.74 bits per heavy atom. The first-order chi connectivity index (χ1) is 14.9. The van der Waals surface area contributed by atoms with E-state index in [0.717, 1.165) is 63.7 Å². The summed E-state index contributed by atoms with van der Waals surface area (Å²) in [4.78, 5) is 42.2. The Morgan fingerprint density at radius 3 is 2.45 bits per heavy atom. The average molecular weight is 426 g/mol. The molecule has 168 valence electrons. The minimum absolute atomic E-state index is 0.0218. The zero-order valence-corrected chi connectivity index (χ0v) is 19.1. The minimum Gasteiger partial charge on any atom is -0.341 e. The lowest BCUT2D eigenvalue weighted by molar-refractivity contribution is -0.136. The Bertz CT molecular complexity index is 883. The second kappa shape index (κ2) is 7.75. The van der Waals surface area contributed by atoms with E-state index in [-0.39, 0.29) is 35.4 Å². The number of amides is 2. The number of anilines is 1. The maximum Gasteiger partial charge on any atom is 0.273 e. The Labute approximate surface area is 185 Å². The number of carbonyl (C=O) groups is 2. The third-order valence-corrected chi connectivity index (χ3v) is 8.26. The molecule has 4 aliphatic rings. The average Bonchev–Trinajstić information content (AvgIpc) is 2.87. The van der Waals surface area contributed by atoms with Gasteiger partial charge in [-0.15, -0.1) is 0 Å². The standard InChI is InChI=1S/C24H35N5O2/c1-16-13-19(26-23(25-16)27-11-7-4-8-12-27)22(31)29-18-14-24(3)20(28(15-18)17(2)30)9-5-6-10-21(24)29/h13,18,20-21H,4-12,14-15H2,1-3H3/t18-,20+,21-,24+/m0/s1. The van der Waals surface area contributed by atoms with Crippen LogP contribution in [-0.4, -0.2) is 69.3 Å². The molecule has 2 amide bonds. The van der Waals surface area contributed by atoms with Crippen molar-refractivity contribution < 1.29 is 9.59 Å². The molecular weight excluding hydrogens is 390 g/mol. The summed E-state index contributed by atoms with van der Waals surface area (Å²) >= 11 is 0. The van der Waals surface area contributed by atoms with Gasteiger partial charge >= 0.3 is 0 Å². The number of hydrogen-bond acceptors (Lipinski definition) is 5. The Morgan fingerprint density at radius 1 is 1.03 bits per heavy atom. The van der Waals surface area contributed by atoms with Crippen LogP contribution in [0.3, 0.4) is 0 Å². The number of aromatic nitrogens is 2. The predicted octanol–water partition coefficient (Wildman–Crippen LogP) is 3.17. The lowest BCUT2D eigenvalue weighted by atomic mass is 9.71. The van der Waals surface area contributed by atoms with Crippen LogP contribution < -0.4 is 4.90 Å². The summed E-state index contributed by atoms with van der Waals surface area (Å²) in [6, 6.07) is 2.34. The van der Waals surface area contributed by atoms with Crippen LogP contribution in [0, 0.1) is 12.3 Å². The highest BCUT2D eigenvalue weighted by atomic mass is 16.2. The zero-order valence-electron chi connectivity index (χ0n) is 19.1. The Hall–Kier alpha value is -2.18. The van der Waals surface area contributed by atoms with Gasteiger partial charge in [-0.3, -0.25) is 9.59 Å². The van der Waals surface area contributed by atoms with Gasteiger partial charge in [0, 0.05) is 49.8 Å². The fourth-order valence-electron chi connectivity index (χ4n) is 6.85. The maximum atomic E-state index is 13.9. The Kier molecular flexibility index (Phi) is 5.18. The molecule has 4 fully saturated rings. The number of fused-ring (bicyclic) bond motifs is 1. The zero-order chi connectivity index (χ0) is 21.8. The number of aryl methyl sites for hydroxylation is 1. The van der Waals surface area contributed by atoms with E-state index in [1.54, 1.807) is 6.92 Å². The normalized spacial score (nSPS) is 32.7. The van der Waals surface area contributed by atoms with Gasteiger partial charge in [-0.05, 0) is 51.5 Å². The van der Waals surface area contributed by atoms with Gasteiger partial charge in [0.05, 0.1) is 6.04 Å². The molecule has 0 spiro atoms. The molecule has 4 heterocycles. The monoisotopic (exact) mass is 425 g/mol. The highest BCUT2D eigenvalue weighted by Gasteiger charge is 2.60. The van der Waals surface area contributed by atoms with E-state index < -0.39 is 0 Å². The number of piperidine rings is 2. The van der Waals surface area contributed by atoms with Crippen molar-refractivity contribution in [3.8, 4) is 0 Å². The molecule has 1 saturated carbocycles. The van der Waals surface area contributed by atoms with E-state index in [4.69, 9.17) is 4.98 Å². The van der Waals surface area contributed by atoms with Crippen LogP contribution in [0.4, 0.5) is 5.95 Å². The maximum absolute atomic E-state index is 13.9. The predicted molar refractivity (Wildman–Crippen MR) is 119 cm³/mol. The van der Waals surface area contributed by atoms with Crippen molar-refractivity contribution in [2.45, 2.75) is 90.3 Å². The number of hydrogen-bond donors (Lipinski definition) is 0. The molecule has 3 saturated heterocycles. The second-order valence-corrected chi connectivity index (χ2v) is 10.3. The summed E-state index contributed by atoms with van der Waals surface area (Å²) in [6.07, 6.45) is 8.84. The first kappa shape index (κ1) is 20.7. The van der Waals surface area contributed by atoms with Crippen molar-refractivity contribution in [3.05, 3.63) is 17.5 Å². The molecular formula is C24H35N5O2. The molecule has 0 N–H and O–H groups in total. The second-order valence-electron chi connectivity index (χ2n) is 10.3. The van der Waals surface area contributed by atoms with Crippen LogP contribution in [0.5, 0.6) is 0 Å². The van der Waals surface area contributed by atoms with Crippen molar-refractivity contribution in [2.24, 2.45) is 5.41 Å². The first-order valence-electron chi connectivity index (χ1n) is 12.1. The van der Waals surface area contributed by atoms with E-state index in [1.807, 2.05) is 13.0 Å². The van der Waals surface area contributed by atoms with Gasteiger partial charge in [0.15, 0.2) is 0 Å². The SMILES string of the molecule is CC(=O)N1C[C@@H]2C[C@@]3(C)[C@H](CCCC[C@@H]13)N2C(=O)c1cc(C)nc(N2CCCCC2)n1. The highest BCUT2D eigenvalue weighted by molar-refractivity contribution is 5.93. The lowest BCUT2D eigenvalue weighted by Crippen LogP contribution is -2.55. The van der Waals surface area contributed by atoms with Crippen molar-refractivity contribution in [1.82, 2.24) is 19.8 Å². The van der Waals surface area contributed by atoms with Crippen LogP contribution in [-0.2, 0) is 4.79 Å².